The summed E-state index contributed by atoms with van der Waals surface area (Å²) in [4.78, 5) is 15.7. The van der Waals surface area contributed by atoms with Crippen molar-refractivity contribution in [1.29, 1.82) is 0 Å². The highest BCUT2D eigenvalue weighted by Gasteiger charge is 2.37. The Morgan fingerprint density at radius 2 is 2.07 bits per heavy atom. The molecule has 9 nitrogen and oxygen atoms in total. The number of halogens is 1. The third-order valence-corrected chi connectivity index (χ3v) is 5.69. The van der Waals surface area contributed by atoms with E-state index < -0.39 is 39.9 Å². The molecular weight excluding hydrogens is 389 g/mol. The maximum atomic E-state index is 14.5. The normalized spacial score (nSPS) is 17.4. The number of nitrogens with zero attached hydrogens (tertiary/aromatic N) is 2. The van der Waals surface area contributed by atoms with E-state index in [0.29, 0.717) is 22.4 Å². The van der Waals surface area contributed by atoms with Crippen molar-refractivity contribution >= 4 is 33.5 Å². The molecule has 0 radical (unpaired) electrons. The van der Waals surface area contributed by atoms with E-state index >= 15 is 0 Å². The van der Waals surface area contributed by atoms with Gasteiger partial charge in [0.25, 0.3) is 5.91 Å². The Balaban J connectivity index is 1.50. The van der Waals surface area contributed by atoms with Gasteiger partial charge in [0.05, 0.1) is 6.54 Å². The third kappa shape index (κ3) is 3.31. The van der Waals surface area contributed by atoms with Crippen LogP contribution < -0.4 is 19.7 Å². The summed E-state index contributed by atoms with van der Waals surface area (Å²) in [6.45, 7) is 0.0468. The Labute approximate surface area is 160 Å². The second-order valence-electron chi connectivity index (χ2n) is 6.28. The first-order valence-corrected chi connectivity index (χ1v) is 9.75. The molecule has 0 spiro atoms. The Morgan fingerprint density at radius 3 is 2.79 bits per heavy atom. The van der Waals surface area contributed by atoms with E-state index in [9.17, 15) is 22.7 Å². The van der Waals surface area contributed by atoms with Crippen LogP contribution in [0.3, 0.4) is 0 Å². The summed E-state index contributed by atoms with van der Waals surface area (Å²) in [5.41, 5.74) is 1.78. The number of guanidine groups is 1. The maximum absolute atomic E-state index is 14.5. The van der Waals surface area contributed by atoms with Crippen LogP contribution in [0, 0.1) is 5.82 Å². The van der Waals surface area contributed by atoms with Crippen molar-refractivity contribution in [2.45, 2.75) is 13.1 Å². The SMILES string of the molecule is O=C1CN(c2c(O)cc(CNC3=NCc4ccccc4N3)cc2F)S(=O)(=O)N1. The summed E-state index contributed by atoms with van der Waals surface area (Å²) in [6.07, 6.45) is 0. The molecule has 4 N–H and O–H groups in total. The molecule has 1 saturated heterocycles. The molecular formula is C17H16FN5O4S. The lowest BCUT2D eigenvalue weighted by Crippen LogP contribution is -2.33. The van der Waals surface area contributed by atoms with Gasteiger partial charge in [0, 0.05) is 12.2 Å². The van der Waals surface area contributed by atoms with Gasteiger partial charge in [-0.2, -0.15) is 8.42 Å². The smallest absolute Gasteiger partial charge is 0.326 e. The quantitative estimate of drug-likeness (QED) is 0.599. The van der Waals surface area contributed by atoms with E-state index in [1.807, 2.05) is 24.3 Å². The first kappa shape index (κ1) is 18.0. The van der Waals surface area contributed by atoms with Crippen LogP contribution in [0.5, 0.6) is 5.75 Å². The lowest BCUT2D eigenvalue weighted by molar-refractivity contribution is -0.117. The molecule has 0 saturated carbocycles. The van der Waals surface area contributed by atoms with Crippen LogP contribution in [0.1, 0.15) is 11.1 Å². The zero-order valence-electron chi connectivity index (χ0n) is 14.4. The molecule has 11 heteroatoms. The van der Waals surface area contributed by atoms with E-state index in [0.717, 1.165) is 17.3 Å². The Kier molecular flexibility index (Phi) is 4.30. The van der Waals surface area contributed by atoms with Crippen molar-refractivity contribution in [2.75, 3.05) is 16.2 Å². The summed E-state index contributed by atoms with van der Waals surface area (Å²) in [6, 6.07) is 10.0. The van der Waals surface area contributed by atoms with Crippen molar-refractivity contribution in [3.05, 3.63) is 53.3 Å². The van der Waals surface area contributed by atoms with Crippen LogP contribution in [0.4, 0.5) is 15.8 Å². The van der Waals surface area contributed by atoms with Gasteiger partial charge in [-0.1, -0.05) is 18.2 Å². The van der Waals surface area contributed by atoms with Crippen molar-refractivity contribution in [1.82, 2.24) is 10.0 Å². The fourth-order valence-electron chi connectivity index (χ4n) is 3.03. The highest BCUT2D eigenvalue weighted by Crippen LogP contribution is 2.34. The molecule has 28 heavy (non-hydrogen) atoms. The van der Waals surface area contributed by atoms with Crippen molar-refractivity contribution in [3.8, 4) is 5.75 Å². The van der Waals surface area contributed by atoms with Gasteiger partial charge >= 0.3 is 10.2 Å². The number of amides is 1. The van der Waals surface area contributed by atoms with E-state index in [4.69, 9.17) is 0 Å². The molecule has 0 aromatic heterocycles. The van der Waals surface area contributed by atoms with Gasteiger partial charge in [-0.05, 0) is 29.3 Å². The maximum Gasteiger partial charge on any atom is 0.326 e. The number of hydrogen-bond donors (Lipinski definition) is 4. The summed E-state index contributed by atoms with van der Waals surface area (Å²) in [5.74, 6) is -1.84. The molecule has 1 fully saturated rings. The minimum absolute atomic E-state index is 0.142. The zero-order chi connectivity index (χ0) is 19.9. The molecule has 2 aliphatic heterocycles. The molecule has 0 atom stereocenters. The number of aliphatic imine (C=N–C) groups is 1. The number of para-hydroxylation sites is 1. The number of nitrogens with one attached hydrogen (secondary N) is 3. The van der Waals surface area contributed by atoms with Gasteiger partial charge in [0.2, 0.25) is 0 Å². The molecule has 2 aliphatic rings. The number of phenols is 1. The highest BCUT2D eigenvalue weighted by molar-refractivity contribution is 7.92. The fourth-order valence-corrected chi connectivity index (χ4v) is 4.20. The second kappa shape index (κ2) is 6.68. The number of fused-ring (bicyclic) bond motifs is 1. The largest absolute Gasteiger partial charge is 0.506 e. The average Bonchev–Trinajstić information content (AvgIpc) is 2.91. The first-order valence-electron chi connectivity index (χ1n) is 8.31. The van der Waals surface area contributed by atoms with Gasteiger partial charge in [-0.15, -0.1) is 0 Å². The molecule has 0 unspecified atom stereocenters. The standard InChI is InChI=1S/C17H16FN5O4S/c18-12-5-10(6-14(24)16(12)23-9-15(25)22-28(23,26)27)7-19-17-20-8-11-3-1-2-4-13(11)21-17/h1-6,24H,7-9H2,(H,22,25)(H2,19,20,21). The Hall–Kier alpha value is -3.34. The number of benzene rings is 2. The lowest BCUT2D eigenvalue weighted by atomic mass is 10.1. The molecule has 2 aromatic rings. The van der Waals surface area contributed by atoms with E-state index in [1.165, 1.54) is 6.07 Å². The number of anilines is 2. The topological polar surface area (TPSA) is 123 Å². The molecule has 1 amide bonds. The first-order chi connectivity index (χ1) is 13.3. The van der Waals surface area contributed by atoms with Crippen LogP contribution >= 0.6 is 0 Å². The summed E-state index contributed by atoms with van der Waals surface area (Å²) >= 11 is 0. The fraction of sp³-hybridized carbons (Fsp3) is 0.176. The Bertz CT molecular complexity index is 1080. The van der Waals surface area contributed by atoms with Crippen LogP contribution in [-0.2, 0) is 28.1 Å². The zero-order valence-corrected chi connectivity index (χ0v) is 15.3. The van der Waals surface area contributed by atoms with Crippen molar-refractivity contribution in [3.63, 3.8) is 0 Å². The van der Waals surface area contributed by atoms with Crippen LogP contribution in [0.2, 0.25) is 0 Å². The van der Waals surface area contributed by atoms with Gasteiger partial charge in [-0.3, -0.25) is 4.79 Å². The number of rotatable bonds is 3. The minimum atomic E-state index is -4.22. The van der Waals surface area contributed by atoms with Crippen LogP contribution in [0.15, 0.2) is 41.4 Å². The van der Waals surface area contributed by atoms with E-state index in [1.54, 1.807) is 4.72 Å². The van der Waals surface area contributed by atoms with Crippen molar-refractivity contribution < 1.29 is 22.7 Å². The van der Waals surface area contributed by atoms with Crippen LogP contribution in [-0.4, -0.2) is 31.9 Å². The third-order valence-electron chi connectivity index (χ3n) is 4.31. The van der Waals surface area contributed by atoms with E-state index in [2.05, 4.69) is 15.6 Å². The molecule has 0 bridgehead atoms. The number of carbonyl (C=O) groups excluding carboxylic acids is 1. The summed E-state index contributed by atoms with van der Waals surface area (Å²) < 4.78 is 40.5. The van der Waals surface area contributed by atoms with Gasteiger partial charge < -0.3 is 15.7 Å². The number of hydrogen-bond acceptors (Lipinski definition) is 7. The number of aromatic hydroxyl groups is 1. The van der Waals surface area contributed by atoms with Gasteiger partial charge in [0.15, 0.2) is 11.8 Å². The monoisotopic (exact) mass is 405 g/mol. The van der Waals surface area contributed by atoms with Crippen LogP contribution in [0.25, 0.3) is 0 Å². The summed E-state index contributed by atoms with van der Waals surface area (Å²) in [7, 11) is -4.22. The summed E-state index contributed by atoms with van der Waals surface area (Å²) in [5, 5.41) is 16.3. The lowest BCUT2D eigenvalue weighted by Gasteiger charge is -2.20. The predicted molar refractivity (Wildman–Crippen MR) is 101 cm³/mol. The molecule has 146 valence electrons. The van der Waals surface area contributed by atoms with Gasteiger partial charge in [0.1, 0.15) is 18.0 Å². The van der Waals surface area contributed by atoms with Gasteiger partial charge in [-0.25, -0.2) is 18.4 Å². The second-order valence-corrected chi connectivity index (χ2v) is 7.88. The molecule has 2 aromatic carbocycles. The predicted octanol–water partition coefficient (Wildman–Crippen LogP) is 0.784. The number of carbonyl (C=O) groups is 1. The molecule has 2 heterocycles. The number of phenolic OH excluding ortho intramolecular Hbond substituents is 1. The Morgan fingerprint density at radius 1 is 1.29 bits per heavy atom. The minimum Gasteiger partial charge on any atom is -0.506 e. The molecule has 0 aliphatic carbocycles. The van der Waals surface area contributed by atoms with E-state index in [-0.39, 0.29) is 6.54 Å². The highest BCUT2D eigenvalue weighted by atomic mass is 32.2. The average molecular weight is 405 g/mol. The van der Waals surface area contributed by atoms with Crippen molar-refractivity contribution in [2.24, 2.45) is 4.99 Å². The molecule has 4 rings (SSSR count).